The van der Waals surface area contributed by atoms with E-state index in [0.717, 1.165) is 0 Å². The highest BCUT2D eigenvalue weighted by Crippen LogP contribution is 2.37. The van der Waals surface area contributed by atoms with Gasteiger partial charge in [-0.25, -0.2) is 0 Å². The predicted molar refractivity (Wildman–Crippen MR) is 64.9 cm³/mol. The lowest BCUT2D eigenvalue weighted by molar-refractivity contribution is -0.143. The summed E-state index contributed by atoms with van der Waals surface area (Å²) in [7, 11) is 1.24. The maximum atomic E-state index is 12.6. The third-order valence-corrected chi connectivity index (χ3v) is 2.54. The van der Waals surface area contributed by atoms with Crippen molar-refractivity contribution in [3.63, 3.8) is 0 Å². The lowest BCUT2D eigenvalue weighted by Gasteiger charge is -2.16. The van der Waals surface area contributed by atoms with E-state index in [0.29, 0.717) is 12.1 Å². The number of nitrogens with one attached hydrogen (secondary N) is 1. The number of ether oxygens (including phenoxy) is 1. The van der Waals surface area contributed by atoms with Crippen LogP contribution in [0.3, 0.4) is 0 Å². The van der Waals surface area contributed by atoms with Crippen molar-refractivity contribution in [3.8, 4) is 0 Å². The molecule has 0 aliphatic heterocycles. The van der Waals surface area contributed by atoms with Crippen LogP contribution in [0.2, 0.25) is 0 Å². The highest BCUT2D eigenvalue weighted by Gasteiger charge is 2.37. The minimum atomic E-state index is -4.99. The standard InChI is InChI=1S/C12H12F6N2O2/c1-22-5-9(19)10(21)20-8-3-6(11(13,14)15)2-7(4-8)12(16,17)18/h2-4,9H,5,19H2,1H3,(H,20,21). The Morgan fingerprint density at radius 3 is 1.95 bits per heavy atom. The molecule has 0 heterocycles. The lowest BCUT2D eigenvalue weighted by atomic mass is 10.1. The van der Waals surface area contributed by atoms with Crippen molar-refractivity contribution in [3.05, 3.63) is 29.3 Å². The van der Waals surface area contributed by atoms with Gasteiger partial charge in [0.25, 0.3) is 0 Å². The SMILES string of the molecule is COCC(N)C(=O)Nc1cc(C(F)(F)F)cc(C(F)(F)F)c1. The van der Waals surface area contributed by atoms with Gasteiger partial charge < -0.3 is 15.8 Å². The number of anilines is 1. The first-order valence-corrected chi connectivity index (χ1v) is 5.80. The molecule has 0 radical (unpaired) electrons. The van der Waals surface area contributed by atoms with Crippen LogP contribution in [-0.2, 0) is 21.9 Å². The highest BCUT2D eigenvalue weighted by molar-refractivity contribution is 5.95. The van der Waals surface area contributed by atoms with Crippen molar-refractivity contribution in [2.75, 3.05) is 19.0 Å². The van der Waals surface area contributed by atoms with Crippen LogP contribution in [0.15, 0.2) is 18.2 Å². The highest BCUT2D eigenvalue weighted by atomic mass is 19.4. The lowest BCUT2D eigenvalue weighted by Crippen LogP contribution is -2.39. The summed E-state index contributed by atoms with van der Waals surface area (Å²) in [4.78, 5) is 11.5. The Morgan fingerprint density at radius 1 is 1.14 bits per heavy atom. The van der Waals surface area contributed by atoms with Crippen LogP contribution in [0.4, 0.5) is 32.0 Å². The van der Waals surface area contributed by atoms with Gasteiger partial charge in [0.15, 0.2) is 0 Å². The van der Waals surface area contributed by atoms with Gasteiger partial charge in [-0.15, -0.1) is 0 Å². The molecule has 0 aliphatic carbocycles. The van der Waals surface area contributed by atoms with E-state index < -0.39 is 41.1 Å². The number of hydrogen-bond acceptors (Lipinski definition) is 3. The Hall–Kier alpha value is -1.81. The van der Waals surface area contributed by atoms with E-state index in [-0.39, 0.29) is 12.7 Å². The molecule has 3 N–H and O–H groups in total. The van der Waals surface area contributed by atoms with Gasteiger partial charge in [-0.3, -0.25) is 4.79 Å². The van der Waals surface area contributed by atoms with Crippen molar-refractivity contribution in [1.82, 2.24) is 0 Å². The van der Waals surface area contributed by atoms with Gasteiger partial charge in [0.2, 0.25) is 5.91 Å². The molecule has 1 rings (SSSR count). The molecule has 4 nitrogen and oxygen atoms in total. The molecule has 0 aliphatic rings. The maximum Gasteiger partial charge on any atom is 0.416 e. The summed E-state index contributed by atoms with van der Waals surface area (Å²) in [5, 5.41) is 1.91. The fraction of sp³-hybridized carbons (Fsp3) is 0.417. The van der Waals surface area contributed by atoms with Crippen LogP contribution in [0.5, 0.6) is 0 Å². The molecular weight excluding hydrogens is 318 g/mol. The largest absolute Gasteiger partial charge is 0.416 e. The number of carbonyl (C=O) groups excluding carboxylic acids is 1. The van der Waals surface area contributed by atoms with Crippen LogP contribution in [0.25, 0.3) is 0 Å². The van der Waals surface area contributed by atoms with Crippen molar-refractivity contribution in [1.29, 1.82) is 0 Å². The second-order valence-corrected chi connectivity index (χ2v) is 4.35. The molecule has 0 aromatic heterocycles. The maximum absolute atomic E-state index is 12.6. The van der Waals surface area contributed by atoms with Crippen molar-refractivity contribution in [2.24, 2.45) is 5.73 Å². The first-order valence-electron chi connectivity index (χ1n) is 5.80. The van der Waals surface area contributed by atoms with E-state index in [1.165, 1.54) is 7.11 Å². The average Bonchev–Trinajstić information content (AvgIpc) is 2.36. The summed E-state index contributed by atoms with van der Waals surface area (Å²) in [6.45, 7) is -0.239. The summed E-state index contributed by atoms with van der Waals surface area (Å²) in [6, 6.07) is -0.474. The smallest absolute Gasteiger partial charge is 0.383 e. The molecular formula is C12H12F6N2O2. The van der Waals surface area contributed by atoms with Crippen LogP contribution < -0.4 is 11.1 Å². The number of rotatable bonds is 4. The van der Waals surface area contributed by atoms with Gasteiger partial charge in [-0.05, 0) is 18.2 Å². The van der Waals surface area contributed by atoms with Crippen LogP contribution in [0, 0.1) is 0 Å². The van der Waals surface area contributed by atoms with Gasteiger partial charge in [-0.2, -0.15) is 26.3 Å². The number of methoxy groups -OCH3 is 1. The number of halogens is 6. The quantitative estimate of drug-likeness (QED) is 0.834. The molecule has 1 unspecified atom stereocenters. The molecule has 0 saturated carbocycles. The number of alkyl halides is 6. The van der Waals surface area contributed by atoms with E-state index in [9.17, 15) is 31.1 Å². The van der Waals surface area contributed by atoms with Crippen molar-refractivity contribution in [2.45, 2.75) is 18.4 Å². The Labute approximate surface area is 121 Å². The fourth-order valence-corrected chi connectivity index (χ4v) is 1.52. The van der Waals surface area contributed by atoms with E-state index in [1.807, 2.05) is 5.32 Å². The summed E-state index contributed by atoms with van der Waals surface area (Å²) >= 11 is 0. The molecule has 1 aromatic rings. The summed E-state index contributed by atoms with van der Waals surface area (Å²) in [5.74, 6) is -0.964. The van der Waals surface area contributed by atoms with Gasteiger partial charge in [0.05, 0.1) is 17.7 Å². The Kier molecular flexibility index (Phi) is 5.41. The average molecular weight is 330 g/mol. The molecule has 22 heavy (non-hydrogen) atoms. The molecule has 1 amide bonds. The summed E-state index contributed by atoms with van der Waals surface area (Å²) in [5.41, 5.74) is 1.63. The molecule has 0 fully saturated rings. The fourth-order valence-electron chi connectivity index (χ4n) is 1.52. The molecule has 1 aromatic carbocycles. The second kappa shape index (κ2) is 6.53. The van der Waals surface area contributed by atoms with Crippen molar-refractivity contribution >= 4 is 11.6 Å². The Morgan fingerprint density at radius 2 is 1.59 bits per heavy atom. The minimum Gasteiger partial charge on any atom is -0.383 e. The molecule has 0 bridgehead atoms. The van der Waals surface area contributed by atoms with Crippen LogP contribution in [0.1, 0.15) is 11.1 Å². The van der Waals surface area contributed by atoms with Gasteiger partial charge >= 0.3 is 12.4 Å². The van der Waals surface area contributed by atoms with E-state index in [1.54, 1.807) is 0 Å². The molecule has 10 heteroatoms. The third kappa shape index (κ3) is 4.88. The predicted octanol–water partition coefficient (Wildman–Crippen LogP) is 2.64. The number of hydrogen-bond donors (Lipinski definition) is 2. The minimum absolute atomic E-state index is 0.0370. The van der Waals surface area contributed by atoms with E-state index in [2.05, 4.69) is 4.74 Å². The van der Waals surface area contributed by atoms with Crippen LogP contribution >= 0.6 is 0 Å². The summed E-state index contributed by atoms with van der Waals surface area (Å²) in [6.07, 6.45) is -9.98. The number of amides is 1. The molecule has 124 valence electrons. The summed E-state index contributed by atoms with van der Waals surface area (Å²) < 4.78 is 80.3. The van der Waals surface area contributed by atoms with E-state index >= 15 is 0 Å². The Balaban J connectivity index is 3.16. The van der Waals surface area contributed by atoms with Crippen molar-refractivity contribution < 1.29 is 35.9 Å². The monoisotopic (exact) mass is 330 g/mol. The molecule has 1 atom stereocenters. The normalized spacial score (nSPS) is 13.8. The zero-order chi connectivity index (χ0) is 17.1. The zero-order valence-corrected chi connectivity index (χ0v) is 11.2. The van der Waals surface area contributed by atoms with E-state index in [4.69, 9.17) is 5.73 Å². The second-order valence-electron chi connectivity index (χ2n) is 4.35. The third-order valence-electron chi connectivity index (χ3n) is 2.54. The topological polar surface area (TPSA) is 64.3 Å². The number of carbonyl (C=O) groups is 1. The zero-order valence-electron chi connectivity index (χ0n) is 11.2. The van der Waals surface area contributed by atoms with Gasteiger partial charge in [0, 0.05) is 12.8 Å². The Bertz CT molecular complexity index is 509. The van der Waals surface area contributed by atoms with Gasteiger partial charge in [-0.1, -0.05) is 0 Å². The molecule has 0 spiro atoms. The molecule has 0 saturated heterocycles. The number of nitrogens with two attached hydrogens (primary N) is 1. The number of benzene rings is 1. The first-order chi connectivity index (χ1) is 9.95. The van der Waals surface area contributed by atoms with Gasteiger partial charge in [0.1, 0.15) is 6.04 Å². The van der Waals surface area contributed by atoms with Crippen LogP contribution in [-0.4, -0.2) is 25.7 Å². The first kappa shape index (κ1) is 18.2.